The lowest BCUT2D eigenvalue weighted by Crippen LogP contribution is -2.43. The highest BCUT2D eigenvalue weighted by atomic mass is 35.5. The molecule has 0 saturated carbocycles. The number of carbonyl (C=O) groups is 2. The van der Waals surface area contributed by atoms with Crippen LogP contribution in [0.25, 0.3) is 0 Å². The number of hydrogen-bond donors (Lipinski definition) is 1. The zero-order chi connectivity index (χ0) is 18.2. The van der Waals surface area contributed by atoms with Gasteiger partial charge >= 0.3 is 0 Å². The van der Waals surface area contributed by atoms with Gasteiger partial charge in [-0.05, 0) is 30.0 Å². The van der Waals surface area contributed by atoms with Crippen LogP contribution in [0.5, 0.6) is 0 Å². The standard InChI is InChI=1S/C19H18Cl3NO2/c20-12-17(24)16(11-13-5-2-1-3-6-13)23-18(25)10-9-14-7-4-8-15(21)19(14)22/h1-8,16H,9-12H2,(H,23,25)/t16-/m0/s1. The average molecular weight is 399 g/mol. The molecule has 6 heteroatoms. The second kappa shape index (κ2) is 9.81. The van der Waals surface area contributed by atoms with Crippen molar-refractivity contribution >= 4 is 46.5 Å². The van der Waals surface area contributed by atoms with Gasteiger partial charge in [-0.25, -0.2) is 0 Å². The smallest absolute Gasteiger partial charge is 0.220 e. The fraction of sp³-hybridized carbons (Fsp3) is 0.263. The number of nitrogens with one attached hydrogen (secondary N) is 1. The van der Waals surface area contributed by atoms with Crippen molar-refractivity contribution in [2.24, 2.45) is 0 Å². The van der Waals surface area contributed by atoms with Crippen LogP contribution >= 0.6 is 34.8 Å². The summed E-state index contributed by atoms with van der Waals surface area (Å²) < 4.78 is 0. The number of aryl methyl sites for hydroxylation is 1. The number of Topliss-reactive ketones (excluding diaryl/α,β-unsaturated/α-hetero) is 1. The van der Waals surface area contributed by atoms with E-state index in [2.05, 4.69) is 5.32 Å². The van der Waals surface area contributed by atoms with Crippen molar-refractivity contribution in [3.63, 3.8) is 0 Å². The number of amides is 1. The Labute approximate surface area is 162 Å². The van der Waals surface area contributed by atoms with Crippen LogP contribution < -0.4 is 5.32 Å². The molecule has 0 aliphatic heterocycles. The van der Waals surface area contributed by atoms with E-state index in [-0.39, 0.29) is 24.0 Å². The van der Waals surface area contributed by atoms with Crippen molar-refractivity contribution in [3.05, 3.63) is 69.7 Å². The van der Waals surface area contributed by atoms with Gasteiger partial charge in [0.05, 0.1) is 22.0 Å². The molecular formula is C19H18Cl3NO2. The molecule has 1 N–H and O–H groups in total. The molecule has 0 fully saturated rings. The zero-order valence-corrected chi connectivity index (χ0v) is 15.7. The van der Waals surface area contributed by atoms with Crippen molar-refractivity contribution in [3.8, 4) is 0 Å². The molecule has 1 atom stereocenters. The molecule has 132 valence electrons. The van der Waals surface area contributed by atoms with E-state index in [9.17, 15) is 9.59 Å². The van der Waals surface area contributed by atoms with Crippen molar-refractivity contribution < 1.29 is 9.59 Å². The molecule has 0 bridgehead atoms. The Hall–Kier alpha value is -1.55. The lowest BCUT2D eigenvalue weighted by atomic mass is 10.0. The molecule has 0 radical (unpaired) electrons. The summed E-state index contributed by atoms with van der Waals surface area (Å²) in [6, 6.07) is 14.2. The highest BCUT2D eigenvalue weighted by molar-refractivity contribution is 6.42. The second-order valence-electron chi connectivity index (χ2n) is 5.62. The maximum absolute atomic E-state index is 12.3. The van der Waals surface area contributed by atoms with Gasteiger partial charge < -0.3 is 5.32 Å². The summed E-state index contributed by atoms with van der Waals surface area (Å²) in [6.45, 7) is 0. The normalized spacial score (nSPS) is 11.8. The maximum Gasteiger partial charge on any atom is 0.220 e. The van der Waals surface area contributed by atoms with Gasteiger partial charge in [0.25, 0.3) is 0 Å². The Morgan fingerprint density at radius 3 is 2.40 bits per heavy atom. The van der Waals surface area contributed by atoms with Crippen LogP contribution in [-0.2, 0) is 22.4 Å². The Bertz CT molecular complexity index is 735. The van der Waals surface area contributed by atoms with Crippen molar-refractivity contribution in [1.29, 1.82) is 0 Å². The van der Waals surface area contributed by atoms with Crippen LogP contribution in [0.4, 0.5) is 0 Å². The molecule has 25 heavy (non-hydrogen) atoms. The molecule has 0 aliphatic carbocycles. The summed E-state index contributed by atoms with van der Waals surface area (Å²) in [4.78, 5) is 24.3. The number of benzene rings is 2. The third-order valence-corrected chi connectivity index (χ3v) is 4.91. The van der Waals surface area contributed by atoms with E-state index in [1.54, 1.807) is 12.1 Å². The summed E-state index contributed by atoms with van der Waals surface area (Å²) >= 11 is 17.8. The summed E-state index contributed by atoms with van der Waals surface area (Å²) in [5.74, 6) is -0.576. The molecular weight excluding hydrogens is 381 g/mol. The van der Waals surface area contributed by atoms with E-state index in [1.807, 2.05) is 36.4 Å². The van der Waals surface area contributed by atoms with Gasteiger partial charge in [-0.2, -0.15) is 0 Å². The van der Waals surface area contributed by atoms with Crippen molar-refractivity contribution in [2.75, 3.05) is 5.88 Å². The first-order valence-corrected chi connectivity index (χ1v) is 9.15. The lowest BCUT2D eigenvalue weighted by Gasteiger charge is -2.17. The number of halogens is 3. The number of hydrogen-bond acceptors (Lipinski definition) is 2. The largest absolute Gasteiger partial charge is 0.346 e. The van der Waals surface area contributed by atoms with E-state index in [0.717, 1.165) is 11.1 Å². The fourth-order valence-corrected chi connectivity index (χ4v) is 3.05. The van der Waals surface area contributed by atoms with Crippen LogP contribution in [0.3, 0.4) is 0 Å². The minimum absolute atomic E-state index is 0.141. The first kappa shape index (κ1) is 19.8. The van der Waals surface area contributed by atoms with E-state index in [4.69, 9.17) is 34.8 Å². The summed E-state index contributed by atoms with van der Waals surface area (Å²) in [6.07, 6.45) is 1.06. The SMILES string of the molecule is O=C(CCc1cccc(Cl)c1Cl)N[C@@H](Cc1ccccc1)C(=O)CCl. The monoisotopic (exact) mass is 397 g/mol. The Kier molecular flexibility index (Phi) is 7.76. The molecule has 1 amide bonds. The highest BCUT2D eigenvalue weighted by Gasteiger charge is 2.20. The predicted octanol–water partition coefficient (Wildman–Crippen LogP) is 4.46. The summed E-state index contributed by atoms with van der Waals surface area (Å²) in [5, 5.41) is 3.68. The van der Waals surface area contributed by atoms with E-state index >= 15 is 0 Å². The Morgan fingerprint density at radius 2 is 1.72 bits per heavy atom. The van der Waals surface area contributed by atoms with Crippen LogP contribution in [-0.4, -0.2) is 23.6 Å². The molecule has 2 aromatic carbocycles. The van der Waals surface area contributed by atoms with Gasteiger partial charge in [-0.1, -0.05) is 65.7 Å². The van der Waals surface area contributed by atoms with Crippen molar-refractivity contribution in [1.82, 2.24) is 5.32 Å². The minimum Gasteiger partial charge on any atom is -0.346 e. The van der Waals surface area contributed by atoms with E-state index < -0.39 is 6.04 Å². The average Bonchev–Trinajstić information content (AvgIpc) is 2.62. The quantitative estimate of drug-likeness (QED) is 0.667. The van der Waals surface area contributed by atoms with Crippen LogP contribution in [0.15, 0.2) is 48.5 Å². The van der Waals surface area contributed by atoms with Gasteiger partial charge in [0, 0.05) is 6.42 Å². The minimum atomic E-state index is -0.637. The molecule has 0 aliphatic rings. The first-order valence-electron chi connectivity index (χ1n) is 7.86. The number of rotatable bonds is 8. The zero-order valence-electron chi connectivity index (χ0n) is 13.5. The molecule has 0 spiro atoms. The van der Waals surface area contributed by atoms with E-state index in [0.29, 0.717) is 22.9 Å². The molecule has 3 nitrogen and oxygen atoms in total. The van der Waals surface area contributed by atoms with Crippen LogP contribution in [0.2, 0.25) is 10.0 Å². The molecule has 2 aromatic rings. The lowest BCUT2D eigenvalue weighted by molar-refractivity contribution is -0.126. The van der Waals surface area contributed by atoms with Crippen LogP contribution in [0, 0.1) is 0 Å². The van der Waals surface area contributed by atoms with Gasteiger partial charge in [0.1, 0.15) is 0 Å². The van der Waals surface area contributed by atoms with Crippen LogP contribution in [0.1, 0.15) is 17.5 Å². The molecule has 0 unspecified atom stereocenters. The number of alkyl halides is 1. The first-order chi connectivity index (χ1) is 12.0. The maximum atomic E-state index is 12.3. The van der Waals surface area contributed by atoms with E-state index in [1.165, 1.54) is 0 Å². The molecule has 0 saturated heterocycles. The topological polar surface area (TPSA) is 46.2 Å². The van der Waals surface area contributed by atoms with Gasteiger partial charge in [0.15, 0.2) is 5.78 Å². The molecule has 0 heterocycles. The Morgan fingerprint density at radius 1 is 1.00 bits per heavy atom. The third-order valence-electron chi connectivity index (χ3n) is 3.79. The van der Waals surface area contributed by atoms with Gasteiger partial charge in [-0.15, -0.1) is 11.6 Å². The predicted molar refractivity (Wildman–Crippen MR) is 103 cm³/mol. The van der Waals surface area contributed by atoms with Crippen molar-refractivity contribution in [2.45, 2.75) is 25.3 Å². The highest BCUT2D eigenvalue weighted by Crippen LogP contribution is 2.26. The fourth-order valence-electron chi connectivity index (χ4n) is 2.44. The second-order valence-corrected chi connectivity index (χ2v) is 6.68. The van der Waals surface area contributed by atoms with Gasteiger partial charge in [-0.3, -0.25) is 9.59 Å². The number of carbonyl (C=O) groups excluding carboxylic acids is 2. The Balaban J connectivity index is 1.97. The third kappa shape index (κ3) is 6.03. The molecule has 0 aromatic heterocycles. The summed E-state index contributed by atoms with van der Waals surface area (Å²) in [7, 11) is 0. The molecule has 2 rings (SSSR count). The van der Waals surface area contributed by atoms with Gasteiger partial charge in [0.2, 0.25) is 5.91 Å². The summed E-state index contributed by atoms with van der Waals surface area (Å²) in [5.41, 5.74) is 1.76. The number of ketones is 1.